The number of nitrogens with one attached hydrogen (secondary N) is 3. The topological polar surface area (TPSA) is 62.9 Å². The quantitative estimate of drug-likeness (QED) is 0.156. The molecule has 2 saturated heterocycles. The molecule has 0 atom stereocenters. The Morgan fingerprint density at radius 2 is 1.74 bits per heavy atom. The van der Waals surface area contributed by atoms with E-state index in [-0.39, 0.29) is 5.91 Å². The molecule has 2 heterocycles. The lowest BCUT2D eigenvalue weighted by atomic mass is 10.1. The maximum absolute atomic E-state index is 13.7. The Labute approximate surface area is 258 Å². The van der Waals surface area contributed by atoms with E-state index in [9.17, 15) is 4.79 Å². The number of rotatable bonds is 13. The number of anilines is 3. The number of nitrogens with zero attached hydrogens (tertiary/aromatic N) is 3. The van der Waals surface area contributed by atoms with Crippen molar-refractivity contribution in [2.75, 3.05) is 68.0 Å². The zero-order chi connectivity index (χ0) is 30.3. The minimum Gasteiger partial charge on any atom is -0.391 e. The van der Waals surface area contributed by atoms with Crippen LogP contribution in [0.1, 0.15) is 43.2 Å². The first-order valence-electron chi connectivity index (χ1n) is 15.8. The second kappa shape index (κ2) is 13.9. The number of likely N-dealkylation sites (tertiary alicyclic amines) is 1. The van der Waals surface area contributed by atoms with Crippen molar-refractivity contribution in [1.82, 2.24) is 15.5 Å². The molecule has 0 aromatic heterocycles. The van der Waals surface area contributed by atoms with E-state index in [1.54, 1.807) is 6.08 Å². The fraction of sp³-hybridized carbons (Fsp3) is 0.417. The third-order valence-corrected chi connectivity index (χ3v) is 8.95. The van der Waals surface area contributed by atoms with Crippen LogP contribution in [0.25, 0.3) is 5.70 Å². The summed E-state index contributed by atoms with van der Waals surface area (Å²) in [5.41, 5.74) is 9.10. The zero-order valence-corrected chi connectivity index (χ0v) is 26.1. The second-order valence-electron chi connectivity index (χ2n) is 11.9. The Morgan fingerprint density at radius 1 is 1.02 bits per heavy atom. The van der Waals surface area contributed by atoms with Crippen molar-refractivity contribution in [1.29, 1.82) is 0 Å². The van der Waals surface area contributed by atoms with Crippen LogP contribution in [0.2, 0.25) is 0 Å². The lowest BCUT2D eigenvalue weighted by Gasteiger charge is -2.38. The van der Waals surface area contributed by atoms with Gasteiger partial charge in [0, 0.05) is 75.6 Å². The predicted octanol–water partition coefficient (Wildman–Crippen LogP) is 5.89. The van der Waals surface area contributed by atoms with E-state index in [0.29, 0.717) is 11.5 Å². The molecule has 7 heteroatoms. The van der Waals surface area contributed by atoms with Gasteiger partial charge in [0.05, 0.1) is 16.9 Å². The number of amides is 1. The Kier molecular flexibility index (Phi) is 9.80. The van der Waals surface area contributed by atoms with Crippen molar-refractivity contribution in [2.24, 2.45) is 5.92 Å². The Morgan fingerprint density at radius 3 is 2.37 bits per heavy atom. The van der Waals surface area contributed by atoms with E-state index in [2.05, 4.69) is 99.8 Å². The summed E-state index contributed by atoms with van der Waals surface area (Å²) in [6.45, 7) is 21.2. The highest BCUT2D eigenvalue weighted by Crippen LogP contribution is 2.37. The van der Waals surface area contributed by atoms with Crippen LogP contribution in [0.3, 0.4) is 0 Å². The minimum absolute atomic E-state index is 0.132. The Bertz CT molecular complexity index is 1380. The van der Waals surface area contributed by atoms with Gasteiger partial charge in [-0.3, -0.25) is 4.79 Å². The number of hydrogen-bond acceptors (Lipinski definition) is 6. The summed E-state index contributed by atoms with van der Waals surface area (Å²) in [6, 6.07) is 14.9. The molecule has 5 rings (SSSR count). The molecule has 228 valence electrons. The first-order valence-corrected chi connectivity index (χ1v) is 15.8. The number of allylic oxidation sites excluding steroid dienone is 2. The first kappa shape index (κ1) is 30.3. The molecular formula is C36H48N6O. The van der Waals surface area contributed by atoms with Crippen molar-refractivity contribution in [3.05, 3.63) is 96.4 Å². The molecule has 7 nitrogen and oxygen atoms in total. The molecule has 43 heavy (non-hydrogen) atoms. The van der Waals surface area contributed by atoms with Gasteiger partial charge in [-0.15, -0.1) is 0 Å². The highest BCUT2D eigenvalue weighted by atomic mass is 16.1. The fourth-order valence-electron chi connectivity index (χ4n) is 6.32. The summed E-state index contributed by atoms with van der Waals surface area (Å²) in [4.78, 5) is 20.9. The third-order valence-electron chi connectivity index (χ3n) is 8.95. The Balaban J connectivity index is 1.32. The maximum atomic E-state index is 13.7. The minimum atomic E-state index is -0.132. The number of aryl methyl sites for hydroxylation is 1. The lowest BCUT2D eigenvalue weighted by molar-refractivity contribution is -0.112. The highest BCUT2D eigenvalue weighted by molar-refractivity contribution is 6.08. The van der Waals surface area contributed by atoms with E-state index in [1.165, 1.54) is 23.4 Å². The van der Waals surface area contributed by atoms with E-state index in [4.69, 9.17) is 0 Å². The summed E-state index contributed by atoms with van der Waals surface area (Å²) >= 11 is 0. The van der Waals surface area contributed by atoms with Crippen molar-refractivity contribution in [3.63, 3.8) is 0 Å². The first-order chi connectivity index (χ1) is 20.9. The van der Waals surface area contributed by atoms with Crippen LogP contribution in [-0.4, -0.2) is 63.7 Å². The lowest BCUT2D eigenvalue weighted by Crippen LogP contribution is -2.47. The molecular weight excluding hydrogens is 532 g/mol. The highest BCUT2D eigenvalue weighted by Gasteiger charge is 2.30. The largest absolute Gasteiger partial charge is 0.391 e. The molecule has 1 aliphatic carbocycles. The van der Waals surface area contributed by atoms with Crippen LogP contribution in [0.4, 0.5) is 17.1 Å². The molecule has 2 aromatic carbocycles. The molecule has 0 radical (unpaired) electrons. The van der Waals surface area contributed by atoms with Gasteiger partial charge < -0.3 is 30.7 Å². The molecule has 3 aliphatic rings. The molecule has 2 aromatic rings. The standard InChI is InChI=1S/C36H48N6O/c1-6-31(35(37-5)29-14-15-29)36(43)39-32-25-30(28(4)38-18-10-20-40-19-9-12-27(40)3)16-17-34(32)42-23-21-41(22-24-42)33-13-8-7-11-26(33)2/h6-8,11,13,16-17,25,29,37-38H,1,3-4,9-10,12,14-15,18-24H2,2,5H3,(H,39,43)/b35-31+. The van der Waals surface area contributed by atoms with Gasteiger partial charge in [0.2, 0.25) is 0 Å². The molecule has 1 amide bonds. The van der Waals surface area contributed by atoms with Crippen LogP contribution in [-0.2, 0) is 4.79 Å². The number of carbonyl (C=O) groups excluding carboxylic acids is 1. The van der Waals surface area contributed by atoms with Crippen molar-refractivity contribution < 1.29 is 4.79 Å². The SMILES string of the molecule is C=C/C(C(=O)Nc1cc(C(=C)NCCCN2CCCC2=C)ccc1N1CCN(c2ccccc2C)CC1)=C(\NC)C1CC1. The summed E-state index contributed by atoms with van der Waals surface area (Å²) in [5.74, 6) is 0.276. The van der Waals surface area contributed by atoms with Crippen molar-refractivity contribution >= 4 is 28.7 Å². The summed E-state index contributed by atoms with van der Waals surface area (Å²) in [5, 5.41) is 10.0. The second-order valence-corrected chi connectivity index (χ2v) is 11.9. The van der Waals surface area contributed by atoms with E-state index in [1.807, 2.05) is 7.05 Å². The van der Waals surface area contributed by atoms with Crippen LogP contribution in [0.5, 0.6) is 0 Å². The zero-order valence-electron chi connectivity index (χ0n) is 26.1. The molecule has 1 saturated carbocycles. The third kappa shape index (κ3) is 7.27. The van der Waals surface area contributed by atoms with Crippen LogP contribution < -0.4 is 25.8 Å². The average molecular weight is 581 g/mol. The number of hydrogen-bond donors (Lipinski definition) is 3. The van der Waals surface area contributed by atoms with Gasteiger partial charge in [-0.25, -0.2) is 0 Å². The van der Waals surface area contributed by atoms with E-state index in [0.717, 1.165) is 99.8 Å². The molecule has 0 bridgehead atoms. The normalized spacial score (nSPS) is 17.4. The van der Waals surface area contributed by atoms with Gasteiger partial charge in [0.1, 0.15) is 0 Å². The van der Waals surface area contributed by atoms with Gasteiger partial charge in [-0.05, 0) is 74.3 Å². The van der Waals surface area contributed by atoms with E-state index < -0.39 is 0 Å². The fourth-order valence-corrected chi connectivity index (χ4v) is 6.32. The van der Waals surface area contributed by atoms with Gasteiger partial charge in [-0.2, -0.15) is 0 Å². The number of carbonyl (C=O) groups is 1. The molecule has 2 aliphatic heterocycles. The summed E-state index contributed by atoms with van der Waals surface area (Å²) in [7, 11) is 1.89. The van der Waals surface area contributed by atoms with Gasteiger partial charge >= 0.3 is 0 Å². The average Bonchev–Trinajstić information content (AvgIpc) is 3.78. The molecule has 3 N–H and O–H groups in total. The molecule has 3 fully saturated rings. The van der Waals surface area contributed by atoms with Crippen LogP contribution >= 0.6 is 0 Å². The van der Waals surface area contributed by atoms with Crippen molar-refractivity contribution in [3.8, 4) is 0 Å². The monoisotopic (exact) mass is 580 g/mol. The Hall–Kier alpha value is -4.13. The van der Waals surface area contributed by atoms with Gasteiger partial charge in [0.25, 0.3) is 5.91 Å². The number of para-hydroxylation sites is 1. The summed E-state index contributed by atoms with van der Waals surface area (Å²) < 4.78 is 0. The number of piperazine rings is 1. The molecule has 0 unspecified atom stereocenters. The van der Waals surface area contributed by atoms with Crippen molar-refractivity contribution in [2.45, 2.75) is 39.0 Å². The van der Waals surface area contributed by atoms with Gasteiger partial charge in [0.15, 0.2) is 0 Å². The smallest absolute Gasteiger partial charge is 0.257 e. The van der Waals surface area contributed by atoms with E-state index >= 15 is 0 Å². The van der Waals surface area contributed by atoms with Crippen LogP contribution in [0.15, 0.2) is 85.2 Å². The summed E-state index contributed by atoms with van der Waals surface area (Å²) in [6.07, 6.45) is 7.22. The number of benzene rings is 2. The maximum Gasteiger partial charge on any atom is 0.257 e. The van der Waals surface area contributed by atoms with Crippen LogP contribution in [0, 0.1) is 12.8 Å². The molecule has 0 spiro atoms. The predicted molar refractivity (Wildman–Crippen MR) is 181 cm³/mol. The van der Waals surface area contributed by atoms with Gasteiger partial charge in [-0.1, -0.05) is 50.1 Å².